The largest absolute Gasteiger partial charge is 0.483 e. The first-order valence-electron chi connectivity index (χ1n) is 9.57. The van der Waals surface area contributed by atoms with Gasteiger partial charge in [-0.25, -0.2) is 8.42 Å². The first kappa shape index (κ1) is 21.6. The summed E-state index contributed by atoms with van der Waals surface area (Å²) in [6.45, 7) is 4.54. The third-order valence-electron chi connectivity index (χ3n) is 4.93. The average molecular weight is 437 g/mol. The molecule has 1 aliphatic rings. The maximum Gasteiger partial charge on any atom is 0.262 e. The topological polar surface area (TPSA) is 75.7 Å². The fraction of sp³-hybridized carbons (Fsp3) is 0.381. The van der Waals surface area contributed by atoms with Crippen molar-refractivity contribution >= 4 is 33.2 Å². The third-order valence-corrected chi connectivity index (χ3v) is 7.06. The predicted octanol–water partition coefficient (Wildman–Crippen LogP) is 4.15. The second-order valence-corrected chi connectivity index (χ2v) is 9.56. The summed E-state index contributed by atoms with van der Waals surface area (Å²) in [4.78, 5) is 12.5. The Morgan fingerprint density at radius 3 is 2.48 bits per heavy atom. The number of sulfonamides is 1. The highest BCUT2D eigenvalue weighted by molar-refractivity contribution is 7.89. The highest BCUT2D eigenvalue weighted by Crippen LogP contribution is 2.25. The van der Waals surface area contributed by atoms with Crippen molar-refractivity contribution in [1.29, 1.82) is 0 Å². The van der Waals surface area contributed by atoms with Gasteiger partial charge in [0.2, 0.25) is 10.0 Å². The van der Waals surface area contributed by atoms with Crippen LogP contribution in [-0.2, 0) is 14.8 Å². The monoisotopic (exact) mass is 436 g/mol. The molecular formula is C21H25ClN2O4S. The van der Waals surface area contributed by atoms with Gasteiger partial charge in [-0.05, 0) is 68.1 Å². The molecule has 2 aromatic rings. The number of piperidine rings is 1. The van der Waals surface area contributed by atoms with E-state index in [1.54, 1.807) is 30.3 Å². The lowest BCUT2D eigenvalue weighted by atomic mass is 10.2. The summed E-state index contributed by atoms with van der Waals surface area (Å²) in [5, 5.41) is 3.35. The molecule has 1 N–H and O–H groups in total. The van der Waals surface area contributed by atoms with E-state index in [4.69, 9.17) is 16.3 Å². The lowest BCUT2D eigenvalue weighted by molar-refractivity contribution is -0.118. The van der Waals surface area contributed by atoms with E-state index in [0.29, 0.717) is 29.5 Å². The van der Waals surface area contributed by atoms with Gasteiger partial charge in [0.25, 0.3) is 5.91 Å². The minimum Gasteiger partial charge on any atom is -0.483 e. The Kier molecular flexibility index (Phi) is 6.82. The summed E-state index contributed by atoms with van der Waals surface area (Å²) < 4.78 is 32.9. The Labute approximate surface area is 176 Å². The van der Waals surface area contributed by atoms with E-state index >= 15 is 0 Å². The fourth-order valence-corrected chi connectivity index (χ4v) is 5.03. The normalized spacial score (nSPS) is 15.1. The van der Waals surface area contributed by atoms with Gasteiger partial charge in [0, 0.05) is 23.8 Å². The number of anilines is 1. The van der Waals surface area contributed by atoms with Crippen LogP contribution in [0.1, 0.15) is 30.4 Å². The first-order valence-corrected chi connectivity index (χ1v) is 11.4. The van der Waals surface area contributed by atoms with Crippen LogP contribution < -0.4 is 10.1 Å². The molecule has 0 saturated carbocycles. The third kappa shape index (κ3) is 5.29. The second-order valence-electron chi connectivity index (χ2n) is 7.19. The number of carbonyl (C=O) groups is 1. The summed E-state index contributed by atoms with van der Waals surface area (Å²) in [5.74, 6) is 0.206. The van der Waals surface area contributed by atoms with Gasteiger partial charge in [-0.15, -0.1) is 0 Å². The van der Waals surface area contributed by atoms with Crippen LogP contribution in [0, 0.1) is 13.8 Å². The van der Waals surface area contributed by atoms with Crippen molar-refractivity contribution in [1.82, 2.24) is 4.31 Å². The van der Waals surface area contributed by atoms with E-state index in [1.807, 2.05) is 13.8 Å². The molecule has 6 nitrogen and oxygen atoms in total. The number of hydrogen-bond acceptors (Lipinski definition) is 4. The number of hydrogen-bond donors (Lipinski definition) is 1. The summed E-state index contributed by atoms with van der Waals surface area (Å²) in [6, 6.07) is 9.97. The van der Waals surface area contributed by atoms with E-state index in [0.717, 1.165) is 30.4 Å². The molecule has 0 atom stereocenters. The highest BCUT2D eigenvalue weighted by atomic mass is 35.5. The number of nitrogens with one attached hydrogen (secondary N) is 1. The highest BCUT2D eigenvalue weighted by Gasteiger charge is 2.26. The Balaban J connectivity index is 1.70. The van der Waals surface area contributed by atoms with Crippen LogP contribution >= 0.6 is 11.6 Å². The number of halogens is 1. The van der Waals surface area contributed by atoms with Gasteiger partial charge in [0.05, 0.1) is 4.90 Å². The van der Waals surface area contributed by atoms with Crippen molar-refractivity contribution in [3.8, 4) is 5.75 Å². The minimum atomic E-state index is -3.56. The summed E-state index contributed by atoms with van der Waals surface area (Å²) in [5.41, 5.74) is 2.07. The molecule has 2 aromatic carbocycles. The summed E-state index contributed by atoms with van der Waals surface area (Å²) in [7, 11) is -3.56. The standard InChI is InChI=1S/C21H25ClN2O4S/c1-15-6-8-18(29(26,27)24-10-4-3-5-11-24)13-19(15)23-21(25)14-28-20-9-7-17(22)12-16(20)2/h6-9,12-13H,3-5,10-11,14H2,1-2H3,(H,23,25). The maximum absolute atomic E-state index is 12.9. The molecule has 1 aliphatic heterocycles. The second kappa shape index (κ2) is 9.15. The summed E-state index contributed by atoms with van der Waals surface area (Å²) >= 11 is 5.92. The SMILES string of the molecule is Cc1ccc(S(=O)(=O)N2CCCCC2)cc1NC(=O)COc1ccc(Cl)cc1C. The van der Waals surface area contributed by atoms with Gasteiger partial charge in [-0.3, -0.25) is 4.79 Å². The molecule has 0 radical (unpaired) electrons. The minimum absolute atomic E-state index is 0.189. The van der Waals surface area contributed by atoms with E-state index in [1.165, 1.54) is 10.4 Å². The number of aryl methyl sites for hydroxylation is 2. The molecule has 0 aliphatic carbocycles. The number of benzene rings is 2. The number of carbonyl (C=O) groups excluding carboxylic acids is 1. The Bertz CT molecular complexity index is 1000. The summed E-state index contributed by atoms with van der Waals surface area (Å²) in [6.07, 6.45) is 2.79. The fourth-order valence-electron chi connectivity index (χ4n) is 3.25. The molecule has 0 unspecified atom stereocenters. The van der Waals surface area contributed by atoms with Gasteiger partial charge in [-0.2, -0.15) is 4.31 Å². The Morgan fingerprint density at radius 2 is 1.79 bits per heavy atom. The molecule has 0 aromatic heterocycles. The average Bonchev–Trinajstić information content (AvgIpc) is 2.69. The molecule has 1 heterocycles. The number of amides is 1. The van der Waals surface area contributed by atoms with E-state index < -0.39 is 10.0 Å². The number of nitrogens with zero attached hydrogens (tertiary/aromatic N) is 1. The molecule has 29 heavy (non-hydrogen) atoms. The zero-order valence-corrected chi connectivity index (χ0v) is 18.1. The molecule has 3 rings (SSSR count). The Hall–Kier alpha value is -2.09. The quantitative estimate of drug-likeness (QED) is 0.738. The van der Waals surface area contributed by atoms with Crippen LogP contribution in [0.3, 0.4) is 0 Å². The number of rotatable bonds is 6. The van der Waals surface area contributed by atoms with Crippen molar-refractivity contribution in [2.75, 3.05) is 25.0 Å². The van der Waals surface area contributed by atoms with Gasteiger partial charge in [0.15, 0.2) is 6.61 Å². The Morgan fingerprint density at radius 1 is 1.07 bits per heavy atom. The molecule has 1 fully saturated rings. The van der Waals surface area contributed by atoms with E-state index in [9.17, 15) is 13.2 Å². The molecule has 0 bridgehead atoms. The molecule has 8 heteroatoms. The van der Waals surface area contributed by atoms with Crippen molar-refractivity contribution in [3.05, 3.63) is 52.5 Å². The van der Waals surface area contributed by atoms with E-state index in [-0.39, 0.29) is 17.4 Å². The molecule has 1 amide bonds. The van der Waals surface area contributed by atoms with Crippen LogP contribution in [0.2, 0.25) is 5.02 Å². The van der Waals surface area contributed by atoms with Crippen molar-refractivity contribution in [2.24, 2.45) is 0 Å². The van der Waals surface area contributed by atoms with Crippen LogP contribution in [-0.4, -0.2) is 38.3 Å². The lowest BCUT2D eigenvalue weighted by Crippen LogP contribution is -2.35. The molecular weight excluding hydrogens is 412 g/mol. The van der Waals surface area contributed by atoms with Gasteiger partial charge in [-0.1, -0.05) is 24.1 Å². The van der Waals surface area contributed by atoms with Crippen LogP contribution in [0.5, 0.6) is 5.75 Å². The predicted molar refractivity (Wildman–Crippen MR) is 114 cm³/mol. The van der Waals surface area contributed by atoms with Crippen molar-refractivity contribution in [2.45, 2.75) is 38.0 Å². The van der Waals surface area contributed by atoms with Crippen molar-refractivity contribution < 1.29 is 17.9 Å². The van der Waals surface area contributed by atoms with Gasteiger partial charge in [0.1, 0.15) is 5.75 Å². The molecule has 0 spiro atoms. The first-order chi connectivity index (χ1) is 13.8. The van der Waals surface area contributed by atoms with Crippen LogP contribution in [0.4, 0.5) is 5.69 Å². The van der Waals surface area contributed by atoms with Gasteiger partial charge >= 0.3 is 0 Å². The molecule has 156 valence electrons. The maximum atomic E-state index is 12.9. The van der Waals surface area contributed by atoms with Crippen molar-refractivity contribution in [3.63, 3.8) is 0 Å². The van der Waals surface area contributed by atoms with Gasteiger partial charge < -0.3 is 10.1 Å². The lowest BCUT2D eigenvalue weighted by Gasteiger charge is -2.26. The smallest absolute Gasteiger partial charge is 0.262 e. The van der Waals surface area contributed by atoms with Crippen LogP contribution in [0.25, 0.3) is 0 Å². The number of ether oxygens (including phenoxy) is 1. The van der Waals surface area contributed by atoms with E-state index in [2.05, 4.69) is 5.32 Å². The zero-order chi connectivity index (χ0) is 21.0. The van der Waals surface area contributed by atoms with Crippen LogP contribution in [0.15, 0.2) is 41.3 Å². The molecule has 1 saturated heterocycles. The zero-order valence-electron chi connectivity index (χ0n) is 16.6.